The van der Waals surface area contributed by atoms with Crippen LogP contribution in [0.4, 0.5) is 4.39 Å². The molecule has 2 rings (SSSR count). The van der Waals surface area contributed by atoms with Crippen molar-refractivity contribution in [3.63, 3.8) is 0 Å². The maximum absolute atomic E-state index is 13.2. The van der Waals surface area contributed by atoms with Gasteiger partial charge in [0.15, 0.2) is 0 Å². The zero-order valence-electron chi connectivity index (χ0n) is 11.5. The summed E-state index contributed by atoms with van der Waals surface area (Å²) >= 11 is 0. The first-order valence-corrected chi connectivity index (χ1v) is 6.67. The molecular formula is C17H20FN. The van der Waals surface area contributed by atoms with E-state index < -0.39 is 0 Å². The van der Waals surface area contributed by atoms with Crippen molar-refractivity contribution in [3.8, 4) is 0 Å². The van der Waals surface area contributed by atoms with Crippen LogP contribution < -0.4 is 5.32 Å². The number of benzene rings is 2. The summed E-state index contributed by atoms with van der Waals surface area (Å²) < 4.78 is 13.2. The van der Waals surface area contributed by atoms with E-state index in [-0.39, 0.29) is 11.9 Å². The predicted octanol–water partition coefficient (Wildman–Crippen LogP) is 4.03. The fraction of sp³-hybridized carbons (Fsp3) is 0.294. The summed E-state index contributed by atoms with van der Waals surface area (Å²) in [7, 11) is 1.92. The Morgan fingerprint density at radius 1 is 1.11 bits per heavy atom. The van der Waals surface area contributed by atoms with Crippen LogP contribution in [-0.4, -0.2) is 7.05 Å². The van der Waals surface area contributed by atoms with E-state index >= 15 is 0 Å². The molecule has 0 aliphatic rings. The van der Waals surface area contributed by atoms with Crippen LogP contribution in [0.5, 0.6) is 0 Å². The fourth-order valence-electron chi connectivity index (χ4n) is 2.27. The minimum absolute atomic E-state index is 0.173. The number of hydrogen-bond acceptors (Lipinski definition) is 1. The van der Waals surface area contributed by atoms with Crippen molar-refractivity contribution in [1.29, 1.82) is 0 Å². The molecular weight excluding hydrogens is 237 g/mol. The molecule has 2 aromatic rings. The largest absolute Gasteiger partial charge is 0.313 e. The molecule has 1 N–H and O–H groups in total. The van der Waals surface area contributed by atoms with Crippen LogP contribution in [0.25, 0.3) is 0 Å². The number of nitrogens with one attached hydrogen (secondary N) is 1. The summed E-state index contributed by atoms with van der Waals surface area (Å²) in [5, 5.41) is 3.26. The molecule has 0 bridgehead atoms. The summed E-state index contributed by atoms with van der Waals surface area (Å²) in [5.74, 6) is -0.173. The quantitative estimate of drug-likeness (QED) is 0.852. The average Bonchev–Trinajstić information content (AvgIpc) is 2.42. The van der Waals surface area contributed by atoms with Gasteiger partial charge in [-0.1, -0.05) is 42.0 Å². The van der Waals surface area contributed by atoms with Gasteiger partial charge in [-0.05, 0) is 50.1 Å². The molecule has 1 unspecified atom stereocenters. The standard InChI is InChI=1S/C17H20FN/c1-13-6-8-14(9-7-13)10-11-17(19-2)15-4-3-5-16(18)12-15/h3-9,12,17,19H,10-11H2,1-2H3. The minimum atomic E-state index is -0.173. The lowest BCUT2D eigenvalue weighted by molar-refractivity contribution is 0.542. The lowest BCUT2D eigenvalue weighted by atomic mass is 9.98. The van der Waals surface area contributed by atoms with Crippen molar-refractivity contribution < 1.29 is 4.39 Å². The highest BCUT2D eigenvalue weighted by molar-refractivity contribution is 5.23. The van der Waals surface area contributed by atoms with E-state index in [1.54, 1.807) is 12.1 Å². The molecule has 2 aromatic carbocycles. The Labute approximate surface area is 114 Å². The van der Waals surface area contributed by atoms with Crippen LogP contribution in [0.15, 0.2) is 48.5 Å². The maximum Gasteiger partial charge on any atom is 0.123 e. The molecule has 2 heteroatoms. The highest BCUT2D eigenvalue weighted by Crippen LogP contribution is 2.19. The summed E-state index contributed by atoms with van der Waals surface area (Å²) in [4.78, 5) is 0. The first kappa shape index (κ1) is 13.8. The first-order chi connectivity index (χ1) is 9.19. The van der Waals surface area contributed by atoms with Crippen molar-refractivity contribution in [2.45, 2.75) is 25.8 Å². The van der Waals surface area contributed by atoms with Gasteiger partial charge in [0.2, 0.25) is 0 Å². The maximum atomic E-state index is 13.2. The van der Waals surface area contributed by atoms with Crippen molar-refractivity contribution in [2.75, 3.05) is 7.05 Å². The Morgan fingerprint density at radius 3 is 2.47 bits per heavy atom. The van der Waals surface area contributed by atoms with E-state index in [1.165, 1.54) is 17.2 Å². The smallest absolute Gasteiger partial charge is 0.123 e. The lowest BCUT2D eigenvalue weighted by Crippen LogP contribution is -2.17. The Balaban J connectivity index is 2.01. The fourth-order valence-corrected chi connectivity index (χ4v) is 2.27. The third-order valence-corrected chi connectivity index (χ3v) is 3.44. The molecule has 0 heterocycles. The van der Waals surface area contributed by atoms with E-state index in [0.29, 0.717) is 0 Å². The van der Waals surface area contributed by atoms with Gasteiger partial charge in [-0.25, -0.2) is 4.39 Å². The Bertz CT molecular complexity index is 519. The molecule has 0 saturated carbocycles. The number of hydrogen-bond donors (Lipinski definition) is 1. The van der Waals surface area contributed by atoms with Crippen LogP contribution in [0.3, 0.4) is 0 Å². The summed E-state index contributed by atoms with van der Waals surface area (Å²) in [5.41, 5.74) is 3.61. The van der Waals surface area contributed by atoms with Crippen molar-refractivity contribution in [3.05, 3.63) is 71.0 Å². The van der Waals surface area contributed by atoms with Crippen LogP contribution in [0.2, 0.25) is 0 Å². The molecule has 0 aromatic heterocycles. The van der Waals surface area contributed by atoms with Gasteiger partial charge in [0, 0.05) is 6.04 Å². The lowest BCUT2D eigenvalue weighted by Gasteiger charge is -2.16. The summed E-state index contributed by atoms with van der Waals surface area (Å²) in [6.07, 6.45) is 1.95. The molecule has 0 spiro atoms. The molecule has 0 radical (unpaired) electrons. The highest BCUT2D eigenvalue weighted by Gasteiger charge is 2.09. The Kier molecular flexibility index (Phi) is 4.69. The van der Waals surface area contributed by atoms with Crippen molar-refractivity contribution >= 4 is 0 Å². The molecule has 0 amide bonds. The van der Waals surface area contributed by atoms with Gasteiger partial charge in [0.25, 0.3) is 0 Å². The van der Waals surface area contributed by atoms with Crippen LogP contribution in [-0.2, 0) is 6.42 Å². The number of rotatable bonds is 5. The Hall–Kier alpha value is -1.67. The summed E-state index contributed by atoms with van der Waals surface area (Å²) in [6.45, 7) is 2.09. The van der Waals surface area contributed by atoms with E-state index in [4.69, 9.17) is 0 Å². The van der Waals surface area contributed by atoms with Crippen LogP contribution >= 0.6 is 0 Å². The van der Waals surface area contributed by atoms with Crippen molar-refractivity contribution in [2.24, 2.45) is 0 Å². The molecule has 1 atom stereocenters. The summed E-state index contributed by atoms with van der Waals surface area (Å²) in [6, 6.07) is 15.6. The van der Waals surface area contributed by atoms with E-state index in [2.05, 4.69) is 36.5 Å². The second-order valence-electron chi connectivity index (χ2n) is 4.92. The van der Waals surface area contributed by atoms with Gasteiger partial charge in [0.1, 0.15) is 5.82 Å². The minimum Gasteiger partial charge on any atom is -0.313 e. The molecule has 1 nitrogen and oxygen atoms in total. The topological polar surface area (TPSA) is 12.0 Å². The SMILES string of the molecule is CNC(CCc1ccc(C)cc1)c1cccc(F)c1. The third-order valence-electron chi connectivity index (χ3n) is 3.44. The van der Waals surface area contributed by atoms with Gasteiger partial charge >= 0.3 is 0 Å². The second kappa shape index (κ2) is 6.48. The van der Waals surface area contributed by atoms with Gasteiger partial charge in [-0.3, -0.25) is 0 Å². The van der Waals surface area contributed by atoms with Gasteiger partial charge in [0.05, 0.1) is 0 Å². The molecule has 0 saturated heterocycles. The molecule has 0 aliphatic carbocycles. The molecule has 0 aliphatic heterocycles. The van der Waals surface area contributed by atoms with Gasteiger partial charge < -0.3 is 5.32 Å². The molecule has 19 heavy (non-hydrogen) atoms. The predicted molar refractivity (Wildman–Crippen MR) is 77.7 cm³/mol. The monoisotopic (exact) mass is 257 g/mol. The Morgan fingerprint density at radius 2 is 1.84 bits per heavy atom. The highest BCUT2D eigenvalue weighted by atomic mass is 19.1. The molecule has 100 valence electrons. The average molecular weight is 257 g/mol. The van der Waals surface area contributed by atoms with E-state index in [0.717, 1.165) is 18.4 Å². The van der Waals surface area contributed by atoms with Crippen LogP contribution in [0, 0.1) is 12.7 Å². The third kappa shape index (κ3) is 3.90. The van der Waals surface area contributed by atoms with Crippen LogP contribution in [0.1, 0.15) is 29.2 Å². The van der Waals surface area contributed by atoms with E-state index in [9.17, 15) is 4.39 Å². The zero-order valence-corrected chi connectivity index (χ0v) is 11.5. The van der Waals surface area contributed by atoms with Gasteiger partial charge in [-0.2, -0.15) is 0 Å². The number of aryl methyl sites for hydroxylation is 2. The van der Waals surface area contributed by atoms with Crippen molar-refractivity contribution in [1.82, 2.24) is 5.32 Å². The first-order valence-electron chi connectivity index (χ1n) is 6.67. The number of halogens is 1. The normalized spacial score (nSPS) is 12.4. The zero-order chi connectivity index (χ0) is 13.7. The molecule has 0 fully saturated rings. The van der Waals surface area contributed by atoms with E-state index in [1.807, 2.05) is 13.1 Å². The second-order valence-corrected chi connectivity index (χ2v) is 4.92. The van der Waals surface area contributed by atoms with Gasteiger partial charge in [-0.15, -0.1) is 0 Å².